The summed E-state index contributed by atoms with van der Waals surface area (Å²) in [6.45, 7) is 14.4. The zero-order valence-corrected chi connectivity index (χ0v) is 24.1. The molecule has 2 aromatic carbocycles. The molecule has 1 heterocycles. The van der Waals surface area contributed by atoms with Crippen molar-refractivity contribution in [1.29, 1.82) is 0 Å². The van der Waals surface area contributed by atoms with E-state index in [0.717, 1.165) is 45.6 Å². The van der Waals surface area contributed by atoms with E-state index in [1.807, 2.05) is 27.7 Å². The quantitative estimate of drug-likeness (QED) is 0.298. The lowest BCUT2D eigenvalue weighted by Gasteiger charge is -2.24. The molecule has 3 rings (SSSR count). The van der Waals surface area contributed by atoms with Crippen LogP contribution < -0.4 is 10.1 Å². The van der Waals surface area contributed by atoms with Gasteiger partial charge in [-0.2, -0.15) is 0 Å². The monoisotopic (exact) mass is 532 g/mol. The third-order valence-corrected chi connectivity index (χ3v) is 6.10. The fraction of sp³-hybridized carbons (Fsp3) is 0.406. The Morgan fingerprint density at radius 3 is 2.18 bits per heavy atom. The number of hydrogen-bond donors (Lipinski definition) is 2. The number of aromatic nitrogens is 1. The average Bonchev–Trinajstić information content (AvgIpc) is 2.82. The van der Waals surface area contributed by atoms with E-state index in [4.69, 9.17) is 19.6 Å². The highest BCUT2D eigenvalue weighted by Crippen LogP contribution is 2.34. The van der Waals surface area contributed by atoms with Crippen molar-refractivity contribution in [2.75, 3.05) is 0 Å². The van der Waals surface area contributed by atoms with Crippen LogP contribution in [-0.4, -0.2) is 27.8 Å². The zero-order chi connectivity index (χ0) is 28.7. The number of ether oxygens (including phenoxy) is 2. The summed E-state index contributed by atoms with van der Waals surface area (Å²) in [7, 11) is 0. The van der Waals surface area contributed by atoms with Crippen molar-refractivity contribution in [1.82, 2.24) is 10.3 Å². The van der Waals surface area contributed by atoms with Gasteiger partial charge in [0.25, 0.3) is 0 Å². The first kappa shape index (κ1) is 29.7. The molecule has 0 unspecified atom stereocenters. The lowest BCUT2D eigenvalue weighted by atomic mass is 9.90. The number of nitrogens with one attached hydrogen (secondary N) is 1. The average molecular weight is 533 g/mol. The number of alkyl carbamates (subject to hydrolysis) is 1. The van der Waals surface area contributed by atoms with Gasteiger partial charge in [0.15, 0.2) is 0 Å². The second-order valence-electron chi connectivity index (χ2n) is 11.3. The van der Waals surface area contributed by atoms with Gasteiger partial charge >= 0.3 is 12.1 Å². The van der Waals surface area contributed by atoms with Crippen molar-refractivity contribution in [3.05, 3.63) is 82.2 Å². The smallest absolute Gasteiger partial charge is 0.407 e. The van der Waals surface area contributed by atoms with E-state index in [-0.39, 0.29) is 19.6 Å². The van der Waals surface area contributed by atoms with E-state index < -0.39 is 17.7 Å². The number of rotatable bonds is 10. The Balaban J connectivity index is 2.04. The zero-order valence-electron chi connectivity index (χ0n) is 24.1. The molecule has 0 aliphatic heterocycles. The minimum absolute atomic E-state index is 0.0355. The Bertz CT molecular complexity index is 1290. The summed E-state index contributed by atoms with van der Waals surface area (Å²) in [5.74, 6) is 0.134. The maximum Gasteiger partial charge on any atom is 0.407 e. The topological polar surface area (TPSA) is 97.8 Å². The van der Waals surface area contributed by atoms with Crippen LogP contribution in [0.4, 0.5) is 4.79 Å². The number of pyridine rings is 1. The van der Waals surface area contributed by atoms with Crippen molar-refractivity contribution in [3.8, 4) is 16.9 Å². The van der Waals surface area contributed by atoms with Crippen LogP contribution in [0.25, 0.3) is 11.1 Å². The predicted molar refractivity (Wildman–Crippen MR) is 153 cm³/mol. The van der Waals surface area contributed by atoms with Crippen molar-refractivity contribution in [3.63, 3.8) is 0 Å². The molecular formula is C32H40N2O5. The van der Waals surface area contributed by atoms with E-state index in [9.17, 15) is 9.59 Å². The molecule has 7 nitrogen and oxygen atoms in total. The van der Waals surface area contributed by atoms with Crippen LogP contribution in [-0.2, 0) is 35.5 Å². The number of carboxylic acid groups (broad SMARTS) is 1. The van der Waals surface area contributed by atoms with Crippen LogP contribution >= 0.6 is 0 Å². The van der Waals surface area contributed by atoms with Gasteiger partial charge in [-0.3, -0.25) is 9.78 Å². The molecule has 39 heavy (non-hydrogen) atoms. The van der Waals surface area contributed by atoms with Gasteiger partial charge in [-0.1, -0.05) is 55.8 Å². The Morgan fingerprint density at radius 1 is 0.974 bits per heavy atom. The summed E-state index contributed by atoms with van der Waals surface area (Å²) < 4.78 is 11.7. The van der Waals surface area contributed by atoms with Crippen LogP contribution in [0.15, 0.2) is 48.5 Å². The number of carboxylic acids is 1. The van der Waals surface area contributed by atoms with Gasteiger partial charge < -0.3 is 19.9 Å². The number of carbonyl (C=O) groups is 2. The maximum absolute atomic E-state index is 12.6. The Kier molecular flexibility index (Phi) is 9.73. The van der Waals surface area contributed by atoms with Crippen molar-refractivity contribution in [2.24, 2.45) is 5.92 Å². The van der Waals surface area contributed by atoms with Gasteiger partial charge in [-0.15, -0.1) is 0 Å². The largest absolute Gasteiger partial charge is 0.489 e. The number of aliphatic carboxylic acids is 1. The molecule has 0 aliphatic carbocycles. The van der Waals surface area contributed by atoms with Crippen LogP contribution in [0.1, 0.15) is 68.3 Å². The third kappa shape index (κ3) is 8.84. The minimum Gasteiger partial charge on any atom is -0.489 e. The van der Waals surface area contributed by atoms with Crippen LogP contribution in [0.3, 0.4) is 0 Å². The van der Waals surface area contributed by atoms with Gasteiger partial charge in [-0.05, 0) is 75.8 Å². The lowest BCUT2D eigenvalue weighted by Crippen LogP contribution is -2.32. The number of hydrogen-bond acceptors (Lipinski definition) is 5. The molecule has 0 radical (unpaired) electrons. The molecule has 0 atom stereocenters. The first-order valence-electron chi connectivity index (χ1n) is 13.3. The normalized spacial score (nSPS) is 11.4. The highest BCUT2D eigenvalue weighted by Gasteiger charge is 2.22. The lowest BCUT2D eigenvalue weighted by molar-refractivity contribution is -0.136. The van der Waals surface area contributed by atoms with Crippen molar-refractivity contribution >= 4 is 12.1 Å². The summed E-state index contributed by atoms with van der Waals surface area (Å²) in [6, 6.07) is 15.4. The summed E-state index contributed by atoms with van der Waals surface area (Å²) in [6.07, 6.45) is 0.247. The maximum atomic E-state index is 12.6. The number of aryl methyl sites for hydroxylation is 2. The molecule has 0 saturated carbocycles. The van der Waals surface area contributed by atoms with E-state index in [1.165, 1.54) is 0 Å². The summed E-state index contributed by atoms with van der Waals surface area (Å²) in [5, 5.41) is 12.0. The standard InChI is InChI=1S/C32H40N2O5/c1-20(2)16-28-26(18-33-31(37)39-32(5,6)7)30(24-12-8-21(3)9-13-24)27(22(4)34-28)19-38-25-14-10-23(11-15-25)17-29(35)36/h8-15,20H,16-19H2,1-7H3,(H,33,37)(H,35,36). The van der Waals surface area contributed by atoms with Gasteiger partial charge in [0.1, 0.15) is 18.0 Å². The molecule has 1 amide bonds. The first-order chi connectivity index (χ1) is 18.3. The summed E-state index contributed by atoms with van der Waals surface area (Å²) >= 11 is 0. The van der Waals surface area contributed by atoms with Crippen LogP contribution in [0.2, 0.25) is 0 Å². The van der Waals surface area contributed by atoms with E-state index >= 15 is 0 Å². The molecule has 208 valence electrons. The number of benzene rings is 2. The number of nitrogens with zero attached hydrogens (tertiary/aromatic N) is 1. The van der Waals surface area contributed by atoms with E-state index in [2.05, 4.69) is 50.4 Å². The highest BCUT2D eigenvalue weighted by molar-refractivity contribution is 5.74. The van der Waals surface area contributed by atoms with E-state index in [1.54, 1.807) is 24.3 Å². The minimum atomic E-state index is -0.873. The molecule has 1 aromatic heterocycles. The Hall–Kier alpha value is -3.87. The van der Waals surface area contributed by atoms with E-state index in [0.29, 0.717) is 17.2 Å². The van der Waals surface area contributed by atoms with Crippen LogP contribution in [0.5, 0.6) is 5.75 Å². The van der Waals surface area contributed by atoms with Gasteiger partial charge in [0.05, 0.1) is 6.42 Å². The molecule has 2 N–H and O–H groups in total. The molecule has 0 saturated heterocycles. The third-order valence-electron chi connectivity index (χ3n) is 6.10. The summed E-state index contributed by atoms with van der Waals surface area (Å²) in [4.78, 5) is 28.6. The number of amides is 1. The fourth-order valence-corrected chi connectivity index (χ4v) is 4.34. The molecule has 3 aromatic rings. The molecular weight excluding hydrogens is 492 g/mol. The SMILES string of the molecule is Cc1ccc(-c2c(COc3ccc(CC(=O)O)cc3)c(C)nc(CC(C)C)c2CNC(=O)OC(C)(C)C)cc1. The van der Waals surface area contributed by atoms with Gasteiger partial charge in [0, 0.05) is 29.1 Å². The second kappa shape index (κ2) is 12.8. The number of carbonyl (C=O) groups excluding carboxylic acids is 1. The fourth-order valence-electron chi connectivity index (χ4n) is 4.34. The molecule has 0 aliphatic rings. The first-order valence-corrected chi connectivity index (χ1v) is 13.3. The van der Waals surface area contributed by atoms with Gasteiger partial charge in [0.2, 0.25) is 0 Å². The molecule has 0 fully saturated rings. The molecule has 0 spiro atoms. The molecule has 0 bridgehead atoms. The Labute approximate surface area is 231 Å². The predicted octanol–water partition coefficient (Wildman–Crippen LogP) is 6.79. The van der Waals surface area contributed by atoms with Crippen molar-refractivity contribution < 1.29 is 24.2 Å². The highest BCUT2D eigenvalue weighted by atomic mass is 16.6. The van der Waals surface area contributed by atoms with Crippen molar-refractivity contribution in [2.45, 2.75) is 80.1 Å². The Morgan fingerprint density at radius 2 is 1.62 bits per heavy atom. The van der Waals surface area contributed by atoms with Gasteiger partial charge in [-0.25, -0.2) is 4.79 Å². The second-order valence-corrected chi connectivity index (χ2v) is 11.3. The van der Waals surface area contributed by atoms with Crippen LogP contribution in [0, 0.1) is 19.8 Å². The molecule has 7 heteroatoms. The summed E-state index contributed by atoms with van der Waals surface area (Å²) in [5.41, 5.74) is 6.96.